The standard InChI is InChI=1S/C13H12Cl3NO2/c1-7-2-3-11(18-7)13(6-17)19-12-5-9(15)8(14)4-10(12)16/h2-5,13H,6,17H2,1H3. The summed E-state index contributed by atoms with van der Waals surface area (Å²) < 4.78 is 11.2. The van der Waals surface area contributed by atoms with E-state index in [4.69, 9.17) is 49.7 Å². The van der Waals surface area contributed by atoms with Gasteiger partial charge in [-0.25, -0.2) is 0 Å². The predicted molar refractivity (Wildman–Crippen MR) is 77.3 cm³/mol. The summed E-state index contributed by atoms with van der Waals surface area (Å²) in [6.45, 7) is 2.10. The molecule has 0 aliphatic carbocycles. The molecule has 2 rings (SSSR count). The van der Waals surface area contributed by atoms with Crippen molar-refractivity contribution in [2.45, 2.75) is 13.0 Å². The van der Waals surface area contributed by atoms with Crippen molar-refractivity contribution in [2.75, 3.05) is 6.54 Å². The van der Waals surface area contributed by atoms with Gasteiger partial charge in [-0.05, 0) is 25.1 Å². The van der Waals surface area contributed by atoms with E-state index in [-0.39, 0.29) is 6.54 Å². The van der Waals surface area contributed by atoms with E-state index in [1.54, 1.807) is 6.07 Å². The number of aryl methyl sites for hydroxylation is 1. The number of halogens is 3. The number of benzene rings is 1. The molecule has 2 N–H and O–H groups in total. The summed E-state index contributed by atoms with van der Waals surface area (Å²) in [7, 11) is 0. The molecule has 3 nitrogen and oxygen atoms in total. The fourth-order valence-corrected chi connectivity index (χ4v) is 2.18. The highest BCUT2D eigenvalue weighted by Gasteiger charge is 2.18. The predicted octanol–water partition coefficient (Wildman–Crippen LogP) is 4.63. The minimum Gasteiger partial charge on any atom is -0.480 e. The average Bonchev–Trinajstić information content (AvgIpc) is 2.78. The summed E-state index contributed by atoms with van der Waals surface area (Å²) in [5.41, 5.74) is 5.69. The van der Waals surface area contributed by atoms with E-state index < -0.39 is 6.10 Å². The van der Waals surface area contributed by atoms with Crippen molar-refractivity contribution < 1.29 is 9.15 Å². The van der Waals surface area contributed by atoms with Crippen molar-refractivity contribution >= 4 is 34.8 Å². The van der Waals surface area contributed by atoms with Gasteiger partial charge >= 0.3 is 0 Å². The molecule has 0 radical (unpaired) electrons. The molecule has 0 aliphatic heterocycles. The third kappa shape index (κ3) is 3.37. The lowest BCUT2D eigenvalue weighted by molar-refractivity contribution is 0.182. The lowest BCUT2D eigenvalue weighted by atomic mass is 10.2. The van der Waals surface area contributed by atoms with Gasteiger partial charge in [0.25, 0.3) is 0 Å². The SMILES string of the molecule is Cc1ccc(C(CN)Oc2cc(Cl)c(Cl)cc2Cl)o1. The first-order valence-corrected chi connectivity index (χ1v) is 6.72. The molecule has 1 unspecified atom stereocenters. The van der Waals surface area contributed by atoms with Crippen molar-refractivity contribution in [2.24, 2.45) is 5.73 Å². The molecular weight excluding hydrogens is 309 g/mol. The Morgan fingerprint density at radius 1 is 1.16 bits per heavy atom. The highest BCUT2D eigenvalue weighted by molar-refractivity contribution is 6.43. The van der Waals surface area contributed by atoms with Crippen LogP contribution in [-0.2, 0) is 0 Å². The van der Waals surface area contributed by atoms with E-state index in [1.807, 2.05) is 19.1 Å². The molecule has 0 spiro atoms. The van der Waals surface area contributed by atoms with Crippen LogP contribution in [0.1, 0.15) is 17.6 Å². The van der Waals surface area contributed by atoms with Gasteiger partial charge in [-0.15, -0.1) is 0 Å². The minimum absolute atomic E-state index is 0.253. The summed E-state index contributed by atoms with van der Waals surface area (Å²) in [4.78, 5) is 0. The topological polar surface area (TPSA) is 48.4 Å². The van der Waals surface area contributed by atoms with Gasteiger partial charge in [0.05, 0.1) is 15.1 Å². The number of nitrogens with two attached hydrogens (primary N) is 1. The Balaban J connectivity index is 2.26. The molecule has 0 amide bonds. The first-order valence-electron chi connectivity index (χ1n) is 5.59. The lowest BCUT2D eigenvalue weighted by Crippen LogP contribution is -2.18. The molecule has 1 aromatic carbocycles. The Hall–Kier alpha value is -0.870. The number of hydrogen-bond acceptors (Lipinski definition) is 3. The molecule has 1 aromatic heterocycles. The van der Waals surface area contributed by atoms with E-state index in [2.05, 4.69) is 0 Å². The van der Waals surface area contributed by atoms with Gasteiger partial charge in [-0.1, -0.05) is 34.8 Å². The summed E-state index contributed by atoms with van der Waals surface area (Å²) >= 11 is 17.9. The lowest BCUT2D eigenvalue weighted by Gasteiger charge is -2.16. The maximum atomic E-state index is 6.06. The number of furan rings is 1. The van der Waals surface area contributed by atoms with E-state index in [0.29, 0.717) is 26.6 Å². The van der Waals surface area contributed by atoms with Crippen LogP contribution in [0, 0.1) is 6.92 Å². The molecule has 0 saturated carbocycles. The number of hydrogen-bond donors (Lipinski definition) is 1. The molecule has 2 aromatic rings. The minimum atomic E-state index is -0.427. The first-order chi connectivity index (χ1) is 9.01. The van der Waals surface area contributed by atoms with Gasteiger partial charge in [-0.3, -0.25) is 0 Å². The highest BCUT2D eigenvalue weighted by Crippen LogP contribution is 2.36. The molecule has 0 aliphatic rings. The molecule has 102 valence electrons. The average molecular weight is 321 g/mol. The Bertz CT molecular complexity index is 583. The Labute approximate surface area is 126 Å². The van der Waals surface area contributed by atoms with Gasteiger partial charge < -0.3 is 14.9 Å². The van der Waals surface area contributed by atoms with Gasteiger partial charge in [0.1, 0.15) is 17.3 Å². The number of rotatable bonds is 4. The van der Waals surface area contributed by atoms with Crippen LogP contribution in [0.2, 0.25) is 15.1 Å². The number of ether oxygens (including phenoxy) is 1. The molecule has 19 heavy (non-hydrogen) atoms. The van der Waals surface area contributed by atoms with Crippen molar-refractivity contribution in [3.05, 3.63) is 50.9 Å². The van der Waals surface area contributed by atoms with E-state index in [1.165, 1.54) is 6.07 Å². The first kappa shape index (κ1) is 14.5. The van der Waals surface area contributed by atoms with Gasteiger partial charge in [0.15, 0.2) is 6.10 Å². The largest absolute Gasteiger partial charge is 0.480 e. The normalized spacial score (nSPS) is 12.5. The third-order valence-corrected chi connectivity index (χ3v) is 3.55. The zero-order valence-electron chi connectivity index (χ0n) is 10.1. The summed E-state index contributed by atoms with van der Waals surface area (Å²) in [5.74, 6) is 1.85. The van der Waals surface area contributed by atoms with Crippen LogP contribution in [0.15, 0.2) is 28.7 Å². The van der Waals surface area contributed by atoms with Crippen molar-refractivity contribution in [1.82, 2.24) is 0 Å². The zero-order valence-corrected chi connectivity index (χ0v) is 12.4. The van der Waals surface area contributed by atoms with Crippen LogP contribution in [0.3, 0.4) is 0 Å². The fraction of sp³-hybridized carbons (Fsp3) is 0.231. The van der Waals surface area contributed by atoms with Crippen LogP contribution < -0.4 is 10.5 Å². The molecule has 6 heteroatoms. The smallest absolute Gasteiger partial charge is 0.168 e. The van der Waals surface area contributed by atoms with Crippen molar-refractivity contribution in [1.29, 1.82) is 0 Å². The Morgan fingerprint density at radius 2 is 1.84 bits per heavy atom. The second kappa shape index (κ2) is 6.06. The molecule has 1 heterocycles. The Morgan fingerprint density at radius 3 is 2.42 bits per heavy atom. The fourth-order valence-electron chi connectivity index (χ4n) is 1.60. The van der Waals surface area contributed by atoms with Crippen LogP contribution >= 0.6 is 34.8 Å². The monoisotopic (exact) mass is 319 g/mol. The van der Waals surface area contributed by atoms with E-state index >= 15 is 0 Å². The van der Waals surface area contributed by atoms with E-state index in [9.17, 15) is 0 Å². The third-order valence-electron chi connectivity index (χ3n) is 2.54. The maximum Gasteiger partial charge on any atom is 0.168 e. The maximum absolute atomic E-state index is 6.06. The quantitative estimate of drug-likeness (QED) is 0.836. The second-order valence-corrected chi connectivity index (χ2v) is 5.21. The molecule has 0 saturated heterocycles. The van der Waals surface area contributed by atoms with Gasteiger partial charge in [0, 0.05) is 12.6 Å². The molecule has 1 atom stereocenters. The summed E-state index contributed by atoms with van der Waals surface area (Å²) in [6, 6.07) is 6.75. The summed E-state index contributed by atoms with van der Waals surface area (Å²) in [5, 5.41) is 1.11. The van der Waals surface area contributed by atoms with Crippen LogP contribution in [-0.4, -0.2) is 6.54 Å². The Kier molecular flexibility index (Phi) is 4.63. The van der Waals surface area contributed by atoms with Crippen LogP contribution in [0.25, 0.3) is 0 Å². The van der Waals surface area contributed by atoms with Gasteiger partial charge in [0.2, 0.25) is 0 Å². The summed E-state index contributed by atoms with van der Waals surface area (Å²) in [6.07, 6.45) is -0.427. The van der Waals surface area contributed by atoms with Crippen LogP contribution in [0.4, 0.5) is 0 Å². The van der Waals surface area contributed by atoms with Crippen molar-refractivity contribution in [3.8, 4) is 5.75 Å². The zero-order chi connectivity index (χ0) is 14.0. The van der Waals surface area contributed by atoms with Crippen LogP contribution in [0.5, 0.6) is 5.75 Å². The van der Waals surface area contributed by atoms with E-state index in [0.717, 1.165) is 5.76 Å². The second-order valence-electron chi connectivity index (χ2n) is 3.99. The molecular formula is C13H12Cl3NO2. The molecule has 0 fully saturated rings. The molecule has 0 bridgehead atoms. The highest BCUT2D eigenvalue weighted by atomic mass is 35.5. The van der Waals surface area contributed by atoms with Crippen molar-refractivity contribution in [3.63, 3.8) is 0 Å². The van der Waals surface area contributed by atoms with Gasteiger partial charge in [-0.2, -0.15) is 0 Å².